The van der Waals surface area contributed by atoms with E-state index in [0.717, 1.165) is 11.3 Å². The molecule has 2 rings (SSSR count). The molecule has 0 saturated heterocycles. The van der Waals surface area contributed by atoms with Crippen molar-refractivity contribution in [2.75, 3.05) is 6.61 Å². The van der Waals surface area contributed by atoms with Gasteiger partial charge in [-0.3, -0.25) is 10.00 Å². The summed E-state index contributed by atoms with van der Waals surface area (Å²) in [5.41, 5.74) is 1.18. The van der Waals surface area contributed by atoms with Gasteiger partial charge in [0.25, 0.3) is 0 Å². The van der Waals surface area contributed by atoms with Crippen LogP contribution < -0.4 is 0 Å². The highest BCUT2D eigenvalue weighted by molar-refractivity contribution is 5.70. The molecule has 2 N–H and O–H groups in total. The molecule has 1 amide bonds. The summed E-state index contributed by atoms with van der Waals surface area (Å²) in [4.78, 5) is 13.5. The lowest BCUT2D eigenvalue weighted by atomic mass is 10.2. The smallest absolute Gasteiger partial charge is 0.411 e. The van der Waals surface area contributed by atoms with E-state index in [-0.39, 0.29) is 12.6 Å². The normalized spacial score (nSPS) is 19.3. The number of aliphatic hydroxyl groups is 1. The highest BCUT2D eigenvalue weighted by Crippen LogP contribution is 2.32. The van der Waals surface area contributed by atoms with Gasteiger partial charge < -0.3 is 9.84 Å². The topological polar surface area (TPSA) is 78.5 Å². The zero-order chi connectivity index (χ0) is 12.6. The Morgan fingerprint density at radius 3 is 3.00 bits per heavy atom. The summed E-state index contributed by atoms with van der Waals surface area (Å²) in [6.45, 7) is 5.71. The number of fused-ring (bicyclic) bond motifs is 1. The van der Waals surface area contributed by atoms with E-state index in [2.05, 4.69) is 10.2 Å². The third-order valence-electron chi connectivity index (χ3n) is 2.62. The van der Waals surface area contributed by atoms with Crippen LogP contribution >= 0.6 is 0 Å². The fourth-order valence-corrected chi connectivity index (χ4v) is 1.89. The van der Waals surface area contributed by atoms with Crippen LogP contribution in [0.3, 0.4) is 0 Å². The second-order valence-corrected chi connectivity index (χ2v) is 5.11. The Kier molecular flexibility index (Phi) is 2.82. The number of aromatic nitrogens is 2. The van der Waals surface area contributed by atoms with Gasteiger partial charge in [0.1, 0.15) is 5.60 Å². The van der Waals surface area contributed by atoms with E-state index in [4.69, 9.17) is 4.74 Å². The monoisotopic (exact) mass is 239 g/mol. The molecule has 17 heavy (non-hydrogen) atoms. The number of rotatable bonds is 1. The van der Waals surface area contributed by atoms with Gasteiger partial charge in [-0.15, -0.1) is 0 Å². The molecule has 94 valence electrons. The Morgan fingerprint density at radius 2 is 2.41 bits per heavy atom. The number of carbonyl (C=O) groups excluding carboxylic acids is 1. The molecule has 0 spiro atoms. The lowest BCUT2D eigenvalue weighted by Gasteiger charge is -2.27. The van der Waals surface area contributed by atoms with Crippen molar-refractivity contribution < 1.29 is 14.6 Å². The Hall–Kier alpha value is -1.56. The molecule has 1 unspecified atom stereocenters. The zero-order valence-corrected chi connectivity index (χ0v) is 10.2. The van der Waals surface area contributed by atoms with Gasteiger partial charge in [-0.1, -0.05) is 0 Å². The number of nitrogens with zero attached hydrogens (tertiary/aromatic N) is 2. The molecule has 0 saturated carbocycles. The standard InChI is InChI=1S/C11H17N3O3/c1-11(2,3)17-10(16)14-5-8-7(4-12-13-8)9(14)6-15/h4,9,15H,5-6H2,1-3H3,(H,12,13). The number of amides is 1. The van der Waals surface area contributed by atoms with Gasteiger partial charge in [0.2, 0.25) is 0 Å². The molecule has 1 aromatic heterocycles. The van der Waals surface area contributed by atoms with Gasteiger partial charge in [-0.25, -0.2) is 4.79 Å². The van der Waals surface area contributed by atoms with Crippen molar-refractivity contribution in [1.29, 1.82) is 0 Å². The number of carbonyl (C=O) groups is 1. The van der Waals surface area contributed by atoms with Crippen LogP contribution in [0.2, 0.25) is 0 Å². The maximum atomic E-state index is 12.0. The molecule has 1 atom stereocenters. The molecule has 1 aliphatic rings. The second-order valence-electron chi connectivity index (χ2n) is 5.11. The molecule has 0 fully saturated rings. The highest BCUT2D eigenvalue weighted by atomic mass is 16.6. The van der Waals surface area contributed by atoms with Gasteiger partial charge in [-0.2, -0.15) is 5.10 Å². The molecular formula is C11H17N3O3. The first-order valence-corrected chi connectivity index (χ1v) is 5.55. The van der Waals surface area contributed by atoms with Crippen molar-refractivity contribution in [3.05, 3.63) is 17.5 Å². The van der Waals surface area contributed by atoms with Crippen LogP contribution in [0.5, 0.6) is 0 Å². The lowest BCUT2D eigenvalue weighted by Crippen LogP contribution is -2.37. The van der Waals surface area contributed by atoms with E-state index < -0.39 is 11.7 Å². The van der Waals surface area contributed by atoms with Gasteiger partial charge in [-0.05, 0) is 20.8 Å². The Labute approximate surface area is 99.6 Å². The Bertz CT molecular complexity index is 422. The van der Waals surface area contributed by atoms with E-state index >= 15 is 0 Å². The number of hydrogen-bond donors (Lipinski definition) is 2. The van der Waals surface area contributed by atoms with E-state index in [1.807, 2.05) is 20.8 Å². The van der Waals surface area contributed by atoms with Crippen molar-refractivity contribution in [3.63, 3.8) is 0 Å². The average molecular weight is 239 g/mol. The Morgan fingerprint density at radius 1 is 1.71 bits per heavy atom. The van der Waals surface area contributed by atoms with Crippen LogP contribution in [-0.4, -0.2) is 38.5 Å². The summed E-state index contributed by atoms with van der Waals surface area (Å²) < 4.78 is 5.30. The number of H-pyrrole nitrogens is 1. The summed E-state index contributed by atoms with van der Waals surface area (Å²) in [7, 11) is 0. The van der Waals surface area contributed by atoms with E-state index in [0.29, 0.717) is 6.54 Å². The second kappa shape index (κ2) is 4.03. The fourth-order valence-electron chi connectivity index (χ4n) is 1.89. The minimum atomic E-state index is -0.536. The predicted octanol–water partition coefficient (Wildman–Crippen LogP) is 1.19. The summed E-state index contributed by atoms with van der Waals surface area (Å²) in [5, 5.41) is 16.1. The molecule has 0 radical (unpaired) electrons. The molecule has 6 nitrogen and oxygen atoms in total. The Balaban J connectivity index is 2.14. The summed E-state index contributed by atoms with van der Waals surface area (Å²) in [6, 6.07) is -0.362. The summed E-state index contributed by atoms with van der Waals surface area (Å²) in [5.74, 6) is 0. The van der Waals surface area contributed by atoms with Crippen LogP contribution in [0.15, 0.2) is 6.20 Å². The molecule has 1 aromatic rings. The van der Waals surface area contributed by atoms with Gasteiger partial charge in [0, 0.05) is 5.56 Å². The van der Waals surface area contributed by atoms with Gasteiger partial charge in [0.05, 0.1) is 31.1 Å². The first kappa shape index (κ1) is 11.9. The van der Waals surface area contributed by atoms with Gasteiger partial charge in [0.15, 0.2) is 0 Å². The third-order valence-corrected chi connectivity index (χ3v) is 2.62. The maximum absolute atomic E-state index is 12.0. The SMILES string of the molecule is CC(C)(C)OC(=O)N1Cc2[nH]ncc2C1CO. The molecule has 0 aromatic carbocycles. The first-order chi connectivity index (χ1) is 7.92. The molecule has 6 heteroatoms. The lowest BCUT2D eigenvalue weighted by molar-refractivity contribution is 0.0108. The van der Waals surface area contributed by atoms with Crippen molar-refractivity contribution in [2.24, 2.45) is 0 Å². The number of aromatic amines is 1. The van der Waals surface area contributed by atoms with Crippen LogP contribution in [0.4, 0.5) is 4.79 Å². The number of hydrogen-bond acceptors (Lipinski definition) is 4. The van der Waals surface area contributed by atoms with Crippen molar-refractivity contribution in [2.45, 2.75) is 39.0 Å². The van der Waals surface area contributed by atoms with Gasteiger partial charge >= 0.3 is 6.09 Å². The van der Waals surface area contributed by atoms with Crippen molar-refractivity contribution in [3.8, 4) is 0 Å². The summed E-state index contributed by atoms with van der Waals surface area (Å²) >= 11 is 0. The number of nitrogens with one attached hydrogen (secondary N) is 1. The molecular weight excluding hydrogens is 222 g/mol. The number of ether oxygens (including phenoxy) is 1. The van der Waals surface area contributed by atoms with Crippen molar-refractivity contribution in [1.82, 2.24) is 15.1 Å². The minimum absolute atomic E-state index is 0.133. The summed E-state index contributed by atoms with van der Waals surface area (Å²) in [6.07, 6.45) is 1.22. The molecule has 1 aliphatic heterocycles. The highest BCUT2D eigenvalue weighted by Gasteiger charge is 2.36. The van der Waals surface area contributed by atoms with Crippen molar-refractivity contribution >= 4 is 6.09 Å². The largest absolute Gasteiger partial charge is 0.444 e. The first-order valence-electron chi connectivity index (χ1n) is 5.55. The minimum Gasteiger partial charge on any atom is -0.444 e. The molecule has 0 aliphatic carbocycles. The average Bonchev–Trinajstić information content (AvgIpc) is 2.72. The maximum Gasteiger partial charge on any atom is 0.411 e. The van der Waals surface area contributed by atoms with E-state index in [9.17, 15) is 9.90 Å². The third kappa shape index (κ3) is 2.26. The van der Waals surface area contributed by atoms with E-state index in [1.165, 1.54) is 4.90 Å². The quantitative estimate of drug-likeness (QED) is 0.771. The van der Waals surface area contributed by atoms with Crippen LogP contribution in [0.1, 0.15) is 38.1 Å². The predicted molar refractivity (Wildman–Crippen MR) is 60.2 cm³/mol. The van der Waals surface area contributed by atoms with Crippen LogP contribution in [-0.2, 0) is 11.3 Å². The number of aliphatic hydroxyl groups excluding tert-OH is 1. The van der Waals surface area contributed by atoms with Crippen LogP contribution in [0.25, 0.3) is 0 Å². The molecule has 0 bridgehead atoms. The fraction of sp³-hybridized carbons (Fsp3) is 0.636. The molecule has 2 heterocycles. The van der Waals surface area contributed by atoms with E-state index in [1.54, 1.807) is 6.20 Å². The zero-order valence-electron chi connectivity index (χ0n) is 10.2. The van der Waals surface area contributed by atoms with Crippen LogP contribution in [0, 0.1) is 0 Å².